The molecule has 2 N–H and O–H groups in total. The summed E-state index contributed by atoms with van der Waals surface area (Å²) >= 11 is 0. The predicted octanol–water partition coefficient (Wildman–Crippen LogP) is 5.45. The molecule has 0 spiro atoms. The SMILES string of the molecule is CCCCOc1ccc(Nc2ncnc(Nc3ccc(OCC)cc3)c2[N+](=O)[O-])cc1. The molecule has 162 valence electrons. The van der Waals surface area contributed by atoms with E-state index in [0.717, 1.165) is 24.3 Å². The first-order chi connectivity index (χ1) is 15.1. The van der Waals surface area contributed by atoms with Gasteiger partial charge in [-0.25, -0.2) is 9.97 Å². The van der Waals surface area contributed by atoms with Crippen LogP contribution in [-0.4, -0.2) is 28.1 Å². The Morgan fingerprint density at radius 3 is 1.84 bits per heavy atom. The van der Waals surface area contributed by atoms with Gasteiger partial charge < -0.3 is 20.1 Å². The van der Waals surface area contributed by atoms with Crippen LogP contribution in [0.4, 0.5) is 28.7 Å². The Bertz CT molecular complexity index is 994. The van der Waals surface area contributed by atoms with Gasteiger partial charge in [-0.1, -0.05) is 13.3 Å². The molecule has 0 atom stereocenters. The van der Waals surface area contributed by atoms with Crippen molar-refractivity contribution in [1.29, 1.82) is 0 Å². The van der Waals surface area contributed by atoms with E-state index >= 15 is 0 Å². The maximum Gasteiger partial charge on any atom is 0.353 e. The van der Waals surface area contributed by atoms with Gasteiger partial charge in [-0.3, -0.25) is 10.1 Å². The van der Waals surface area contributed by atoms with Gasteiger partial charge in [-0.05, 0) is 61.9 Å². The molecule has 1 heterocycles. The maximum absolute atomic E-state index is 11.8. The lowest BCUT2D eigenvalue weighted by atomic mass is 10.2. The van der Waals surface area contributed by atoms with Crippen LogP contribution in [0, 0.1) is 10.1 Å². The van der Waals surface area contributed by atoms with Crippen molar-refractivity contribution in [1.82, 2.24) is 9.97 Å². The predicted molar refractivity (Wildman–Crippen MR) is 120 cm³/mol. The summed E-state index contributed by atoms with van der Waals surface area (Å²) < 4.78 is 11.1. The average molecular weight is 423 g/mol. The number of unbranched alkanes of at least 4 members (excludes halogenated alkanes) is 1. The number of hydrogen-bond donors (Lipinski definition) is 2. The van der Waals surface area contributed by atoms with E-state index in [1.54, 1.807) is 36.4 Å². The van der Waals surface area contributed by atoms with Gasteiger partial charge in [0.1, 0.15) is 17.8 Å². The van der Waals surface area contributed by atoms with Crippen molar-refractivity contribution in [3.63, 3.8) is 0 Å². The van der Waals surface area contributed by atoms with Crippen LogP contribution < -0.4 is 20.1 Å². The first kappa shape index (κ1) is 21.8. The number of hydrogen-bond acceptors (Lipinski definition) is 8. The summed E-state index contributed by atoms with van der Waals surface area (Å²) in [6.07, 6.45) is 3.32. The van der Waals surface area contributed by atoms with Crippen LogP contribution in [0.1, 0.15) is 26.7 Å². The van der Waals surface area contributed by atoms with Crippen LogP contribution >= 0.6 is 0 Å². The van der Waals surface area contributed by atoms with Crippen LogP contribution in [0.2, 0.25) is 0 Å². The van der Waals surface area contributed by atoms with Crippen molar-refractivity contribution in [2.75, 3.05) is 23.8 Å². The Morgan fingerprint density at radius 2 is 1.39 bits per heavy atom. The van der Waals surface area contributed by atoms with Crippen molar-refractivity contribution in [2.45, 2.75) is 26.7 Å². The molecule has 0 saturated carbocycles. The van der Waals surface area contributed by atoms with E-state index in [2.05, 4.69) is 27.5 Å². The zero-order valence-electron chi connectivity index (χ0n) is 17.5. The van der Waals surface area contributed by atoms with Crippen LogP contribution in [0.3, 0.4) is 0 Å². The fourth-order valence-corrected chi connectivity index (χ4v) is 2.78. The Balaban J connectivity index is 1.77. The van der Waals surface area contributed by atoms with Gasteiger partial charge in [0.15, 0.2) is 0 Å². The Hall–Kier alpha value is -3.88. The first-order valence-electron chi connectivity index (χ1n) is 10.1. The van der Waals surface area contributed by atoms with E-state index in [0.29, 0.717) is 24.6 Å². The summed E-state index contributed by atoms with van der Waals surface area (Å²) in [5.74, 6) is 1.64. The number of anilines is 4. The number of nitro groups is 1. The molecule has 31 heavy (non-hydrogen) atoms. The fourth-order valence-electron chi connectivity index (χ4n) is 2.78. The van der Waals surface area contributed by atoms with Crippen LogP contribution in [0.25, 0.3) is 0 Å². The summed E-state index contributed by atoms with van der Waals surface area (Å²) in [4.78, 5) is 19.4. The maximum atomic E-state index is 11.8. The van der Waals surface area contributed by atoms with Gasteiger partial charge in [0.2, 0.25) is 11.6 Å². The number of nitrogens with zero attached hydrogens (tertiary/aromatic N) is 3. The van der Waals surface area contributed by atoms with Crippen LogP contribution in [0.15, 0.2) is 54.9 Å². The molecule has 2 aromatic carbocycles. The quantitative estimate of drug-likeness (QED) is 0.238. The summed E-state index contributed by atoms with van der Waals surface area (Å²) in [6.45, 7) is 5.22. The van der Waals surface area contributed by atoms with Crippen LogP contribution in [0.5, 0.6) is 11.5 Å². The minimum absolute atomic E-state index is 0.0891. The van der Waals surface area contributed by atoms with Crippen molar-refractivity contribution in [3.05, 3.63) is 65.0 Å². The molecule has 1 aromatic heterocycles. The normalized spacial score (nSPS) is 10.4. The van der Waals surface area contributed by atoms with E-state index in [1.807, 2.05) is 19.1 Å². The zero-order valence-corrected chi connectivity index (χ0v) is 17.5. The fraction of sp³-hybridized carbons (Fsp3) is 0.273. The Labute approximate surface area is 180 Å². The molecule has 9 heteroatoms. The van der Waals surface area contributed by atoms with Gasteiger partial charge in [0.05, 0.1) is 18.1 Å². The van der Waals surface area contributed by atoms with E-state index in [1.165, 1.54) is 6.33 Å². The molecular formula is C22H25N5O4. The van der Waals surface area contributed by atoms with Gasteiger partial charge in [0.25, 0.3) is 0 Å². The van der Waals surface area contributed by atoms with E-state index < -0.39 is 4.92 Å². The molecule has 0 radical (unpaired) electrons. The highest BCUT2D eigenvalue weighted by atomic mass is 16.6. The second kappa shape index (κ2) is 10.8. The minimum atomic E-state index is -0.512. The first-order valence-corrected chi connectivity index (χ1v) is 10.1. The molecule has 9 nitrogen and oxygen atoms in total. The molecule has 3 rings (SSSR count). The second-order valence-electron chi connectivity index (χ2n) is 6.61. The molecule has 0 saturated heterocycles. The molecule has 3 aromatic rings. The van der Waals surface area contributed by atoms with E-state index in [9.17, 15) is 10.1 Å². The number of nitrogens with one attached hydrogen (secondary N) is 2. The van der Waals surface area contributed by atoms with Crippen molar-refractivity contribution in [2.24, 2.45) is 0 Å². The lowest BCUT2D eigenvalue weighted by molar-refractivity contribution is -0.383. The van der Waals surface area contributed by atoms with Crippen molar-refractivity contribution < 1.29 is 14.4 Å². The molecule has 0 amide bonds. The summed E-state index contributed by atoms with van der Waals surface area (Å²) in [7, 11) is 0. The third kappa shape index (κ3) is 6.05. The molecule has 0 aliphatic heterocycles. The summed E-state index contributed by atoms with van der Waals surface area (Å²) in [5.41, 5.74) is 1.04. The monoisotopic (exact) mass is 423 g/mol. The van der Waals surface area contributed by atoms with Crippen molar-refractivity contribution in [3.8, 4) is 11.5 Å². The highest BCUT2D eigenvalue weighted by molar-refractivity contribution is 5.76. The van der Waals surface area contributed by atoms with Gasteiger partial charge in [-0.15, -0.1) is 0 Å². The molecular weight excluding hydrogens is 398 g/mol. The third-order valence-corrected chi connectivity index (χ3v) is 4.32. The number of aromatic nitrogens is 2. The number of benzene rings is 2. The van der Waals surface area contributed by atoms with Crippen molar-refractivity contribution >= 4 is 28.7 Å². The lowest BCUT2D eigenvalue weighted by Crippen LogP contribution is -2.05. The second-order valence-corrected chi connectivity index (χ2v) is 6.61. The molecule has 0 aliphatic rings. The highest BCUT2D eigenvalue weighted by Gasteiger charge is 2.23. The smallest absolute Gasteiger partial charge is 0.353 e. The number of ether oxygens (including phenoxy) is 2. The topological polar surface area (TPSA) is 111 Å². The van der Waals surface area contributed by atoms with Gasteiger partial charge >= 0.3 is 5.69 Å². The minimum Gasteiger partial charge on any atom is -0.494 e. The molecule has 0 bridgehead atoms. The zero-order chi connectivity index (χ0) is 22.1. The Morgan fingerprint density at radius 1 is 0.871 bits per heavy atom. The summed E-state index contributed by atoms with van der Waals surface area (Å²) in [6, 6.07) is 14.3. The molecule has 0 aliphatic carbocycles. The lowest BCUT2D eigenvalue weighted by Gasteiger charge is -2.11. The van der Waals surface area contributed by atoms with Gasteiger partial charge in [0, 0.05) is 11.4 Å². The molecule has 0 fully saturated rings. The number of rotatable bonds is 11. The van der Waals surface area contributed by atoms with Crippen LogP contribution in [-0.2, 0) is 0 Å². The average Bonchev–Trinajstić information content (AvgIpc) is 2.77. The summed E-state index contributed by atoms with van der Waals surface area (Å²) in [5, 5.41) is 17.7. The Kier molecular flexibility index (Phi) is 7.58. The molecule has 0 unspecified atom stereocenters. The van der Waals surface area contributed by atoms with E-state index in [-0.39, 0.29) is 17.3 Å². The standard InChI is InChI=1S/C22H25N5O4/c1-3-5-14-31-19-12-8-17(9-13-19)26-22-20(27(28)29)21(23-15-24-22)25-16-6-10-18(11-7-16)30-4-2/h6-13,15H,3-5,14H2,1-2H3,(H2,23,24,25,26). The third-order valence-electron chi connectivity index (χ3n) is 4.32. The van der Waals surface area contributed by atoms with E-state index in [4.69, 9.17) is 9.47 Å². The van der Waals surface area contributed by atoms with Gasteiger partial charge in [-0.2, -0.15) is 0 Å². The largest absolute Gasteiger partial charge is 0.494 e. The highest BCUT2D eigenvalue weighted by Crippen LogP contribution is 2.33.